The van der Waals surface area contributed by atoms with Crippen LogP contribution in [-0.4, -0.2) is 45.0 Å². The summed E-state index contributed by atoms with van der Waals surface area (Å²) < 4.78 is 0. The number of carbonyl (C=O) groups is 2. The summed E-state index contributed by atoms with van der Waals surface area (Å²) in [6.07, 6.45) is 3.49. The number of carboxylic acids is 1. The first-order valence-corrected chi connectivity index (χ1v) is 6.36. The molecular formula is C12H14N4O5. The zero-order valence-electron chi connectivity index (χ0n) is 11.1. The van der Waals surface area contributed by atoms with Gasteiger partial charge in [0.15, 0.2) is 0 Å². The summed E-state index contributed by atoms with van der Waals surface area (Å²) in [6.45, 7) is 0.522. The number of aliphatic carboxylic acids is 1. The molecule has 1 unspecified atom stereocenters. The van der Waals surface area contributed by atoms with Gasteiger partial charge in [-0.25, -0.2) is 4.79 Å². The molecule has 1 atom stereocenters. The largest absolute Gasteiger partial charge is 0.481 e. The van der Waals surface area contributed by atoms with E-state index in [1.165, 1.54) is 17.2 Å². The number of urea groups is 1. The maximum atomic E-state index is 12.1. The zero-order chi connectivity index (χ0) is 15.4. The van der Waals surface area contributed by atoms with E-state index in [0.29, 0.717) is 19.4 Å². The Bertz CT molecular complexity index is 577. The second-order valence-corrected chi connectivity index (χ2v) is 4.70. The van der Waals surface area contributed by atoms with Gasteiger partial charge in [0.25, 0.3) is 0 Å². The van der Waals surface area contributed by atoms with Crippen LogP contribution in [-0.2, 0) is 4.79 Å². The Balaban J connectivity index is 2.08. The third kappa shape index (κ3) is 3.44. The highest BCUT2D eigenvalue weighted by Gasteiger charge is 2.29. The quantitative estimate of drug-likeness (QED) is 0.639. The van der Waals surface area contributed by atoms with Gasteiger partial charge in [-0.15, -0.1) is 0 Å². The maximum Gasteiger partial charge on any atom is 0.322 e. The molecule has 1 aliphatic heterocycles. The highest BCUT2D eigenvalue weighted by Crippen LogP contribution is 2.23. The first-order chi connectivity index (χ1) is 9.99. The number of anilines is 1. The van der Waals surface area contributed by atoms with Crippen molar-refractivity contribution in [1.29, 1.82) is 0 Å². The minimum Gasteiger partial charge on any atom is -0.481 e. The van der Waals surface area contributed by atoms with E-state index >= 15 is 0 Å². The molecule has 0 aromatic carbocycles. The molecule has 0 bridgehead atoms. The molecule has 0 spiro atoms. The van der Waals surface area contributed by atoms with Crippen LogP contribution in [0.3, 0.4) is 0 Å². The number of carboxylic acid groups (broad SMARTS) is 1. The molecule has 1 aliphatic rings. The van der Waals surface area contributed by atoms with Gasteiger partial charge in [0.05, 0.1) is 10.8 Å². The molecule has 1 fully saturated rings. The predicted octanol–water partition coefficient (Wildman–Crippen LogP) is 1.32. The van der Waals surface area contributed by atoms with Crippen LogP contribution in [0.2, 0.25) is 0 Å². The summed E-state index contributed by atoms with van der Waals surface area (Å²) in [6, 6.07) is 0.782. The summed E-state index contributed by atoms with van der Waals surface area (Å²) in [5, 5.41) is 22.3. The number of nitrogens with one attached hydrogen (secondary N) is 1. The van der Waals surface area contributed by atoms with Crippen LogP contribution < -0.4 is 5.32 Å². The van der Waals surface area contributed by atoms with Gasteiger partial charge in [-0.3, -0.25) is 19.9 Å². The van der Waals surface area contributed by atoms with Gasteiger partial charge in [-0.05, 0) is 18.9 Å². The number of hydrogen-bond acceptors (Lipinski definition) is 5. The Hall–Kier alpha value is -2.71. The van der Waals surface area contributed by atoms with Crippen LogP contribution in [0.15, 0.2) is 18.5 Å². The lowest BCUT2D eigenvalue weighted by Crippen LogP contribution is -2.44. The normalized spacial score (nSPS) is 18.1. The lowest BCUT2D eigenvalue weighted by atomic mass is 9.99. The van der Waals surface area contributed by atoms with Gasteiger partial charge in [0.1, 0.15) is 11.9 Å². The number of pyridine rings is 1. The lowest BCUT2D eigenvalue weighted by molar-refractivity contribution is -0.384. The lowest BCUT2D eigenvalue weighted by Gasteiger charge is -2.30. The van der Waals surface area contributed by atoms with E-state index in [4.69, 9.17) is 5.11 Å². The number of amides is 2. The fourth-order valence-electron chi connectivity index (χ4n) is 2.19. The van der Waals surface area contributed by atoms with E-state index in [-0.39, 0.29) is 17.9 Å². The van der Waals surface area contributed by atoms with E-state index in [9.17, 15) is 19.7 Å². The summed E-state index contributed by atoms with van der Waals surface area (Å²) in [7, 11) is 0. The molecule has 1 saturated heterocycles. The average molecular weight is 294 g/mol. The molecule has 2 N–H and O–H groups in total. The third-order valence-electron chi connectivity index (χ3n) is 3.30. The summed E-state index contributed by atoms with van der Waals surface area (Å²) in [5.74, 6) is -1.54. The molecule has 0 radical (unpaired) electrons. The smallest absolute Gasteiger partial charge is 0.322 e. The number of hydrogen-bond donors (Lipinski definition) is 2. The molecule has 0 aliphatic carbocycles. The van der Waals surface area contributed by atoms with Gasteiger partial charge in [0, 0.05) is 19.3 Å². The Morgan fingerprint density at radius 2 is 2.29 bits per heavy atom. The van der Waals surface area contributed by atoms with E-state index in [2.05, 4.69) is 10.3 Å². The zero-order valence-corrected chi connectivity index (χ0v) is 11.1. The molecule has 2 heterocycles. The molecule has 2 rings (SSSR count). The second kappa shape index (κ2) is 6.16. The molecule has 21 heavy (non-hydrogen) atoms. The number of nitro groups is 1. The molecule has 1 aromatic heterocycles. The minimum atomic E-state index is -0.942. The predicted molar refractivity (Wildman–Crippen MR) is 71.8 cm³/mol. The summed E-state index contributed by atoms with van der Waals surface area (Å²) in [5.41, 5.74) is -0.268. The van der Waals surface area contributed by atoms with Gasteiger partial charge < -0.3 is 15.3 Å². The van der Waals surface area contributed by atoms with Crippen LogP contribution in [0.5, 0.6) is 0 Å². The average Bonchev–Trinajstić information content (AvgIpc) is 2.47. The van der Waals surface area contributed by atoms with Crippen LogP contribution in [0.1, 0.15) is 12.8 Å². The second-order valence-electron chi connectivity index (χ2n) is 4.70. The highest BCUT2D eigenvalue weighted by atomic mass is 16.6. The standard InChI is InChI=1S/C12H14N4O5/c17-11(18)8-2-1-5-15(7-8)12(19)14-9-3-4-13-6-10(9)16(20)21/h3-4,6,8H,1-2,5,7H2,(H,17,18)(H,13,14,19). The van der Waals surface area contributed by atoms with E-state index in [1.807, 2.05) is 0 Å². The number of aromatic nitrogens is 1. The Morgan fingerprint density at radius 1 is 1.52 bits per heavy atom. The van der Waals surface area contributed by atoms with Crippen LogP contribution in [0, 0.1) is 16.0 Å². The molecule has 2 amide bonds. The van der Waals surface area contributed by atoms with E-state index < -0.39 is 22.8 Å². The number of nitrogens with zero attached hydrogens (tertiary/aromatic N) is 3. The fourth-order valence-corrected chi connectivity index (χ4v) is 2.19. The molecular weight excluding hydrogens is 280 g/mol. The van der Waals surface area contributed by atoms with Crippen LogP contribution in [0.25, 0.3) is 0 Å². The van der Waals surface area contributed by atoms with Crippen molar-refractivity contribution < 1.29 is 19.6 Å². The van der Waals surface area contributed by atoms with Crippen molar-refractivity contribution >= 4 is 23.4 Å². The highest BCUT2D eigenvalue weighted by molar-refractivity contribution is 5.92. The van der Waals surface area contributed by atoms with E-state index in [1.54, 1.807) is 0 Å². The fraction of sp³-hybridized carbons (Fsp3) is 0.417. The number of rotatable bonds is 3. The molecule has 9 heteroatoms. The van der Waals surface area contributed by atoms with Crippen molar-refractivity contribution in [2.75, 3.05) is 18.4 Å². The first-order valence-electron chi connectivity index (χ1n) is 6.36. The SMILES string of the molecule is O=C(O)C1CCCN(C(=O)Nc2ccncc2[N+](=O)[O-])C1. The van der Waals surface area contributed by atoms with Gasteiger partial charge in [-0.1, -0.05) is 0 Å². The van der Waals surface area contributed by atoms with E-state index in [0.717, 1.165) is 6.20 Å². The molecule has 9 nitrogen and oxygen atoms in total. The van der Waals surface area contributed by atoms with Gasteiger partial charge >= 0.3 is 17.7 Å². The van der Waals surface area contributed by atoms with Crippen molar-refractivity contribution in [1.82, 2.24) is 9.88 Å². The van der Waals surface area contributed by atoms with Crippen LogP contribution in [0.4, 0.5) is 16.2 Å². The van der Waals surface area contributed by atoms with Crippen molar-refractivity contribution in [2.24, 2.45) is 5.92 Å². The van der Waals surface area contributed by atoms with Crippen molar-refractivity contribution in [3.63, 3.8) is 0 Å². The molecule has 0 saturated carbocycles. The monoisotopic (exact) mass is 294 g/mol. The number of carbonyl (C=O) groups excluding carboxylic acids is 1. The maximum absolute atomic E-state index is 12.1. The van der Waals surface area contributed by atoms with Crippen LogP contribution >= 0.6 is 0 Å². The molecule has 112 valence electrons. The summed E-state index contributed by atoms with van der Waals surface area (Å²) >= 11 is 0. The van der Waals surface area contributed by atoms with Gasteiger partial charge in [-0.2, -0.15) is 0 Å². The molecule has 1 aromatic rings. The minimum absolute atomic E-state index is 0.0393. The first kappa shape index (κ1) is 14.7. The topological polar surface area (TPSA) is 126 Å². The number of likely N-dealkylation sites (tertiary alicyclic amines) is 1. The Morgan fingerprint density at radius 3 is 2.95 bits per heavy atom. The summed E-state index contributed by atoms with van der Waals surface area (Å²) in [4.78, 5) is 38.3. The third-order valence-corrected chi connectivity index (χ3v) is 3.30. The number of piperidine rings is 1. The van der Waals surface area contributed by atoms with Crippen molar-refractivity contribution in [3.05, 3.63) is 28.6 Å². The van der Waals surface area contributed by atoms with Gasteiger partial charge in [0.2, 0.25) is 0 Å². The Labute approximate surface area is 119 Å². The van der Waals surface area contributed by atoms with Crippen molar-refractivity contribution in [2.45, 2.75) is 12.8 Å². The Kier molecular flexibility index (Phi) is 4.31. The van der Waals surface area contributed by atoms with Crippen molar-refractivity contribution in [3.8, 4) is 0 Å².